The minimum absolute atomic E-state index is 0.199. The number of benzene rings is 1. The number of rotatable bonds is 8. The number of nitrogens with one attached hydrogen (secondary N) is 1. The van der Waals surface area contributed by atoms with Crippen molar-refractivity contribution in [3.05, 3.63) is 34.1 Å². The molecule has 102 valence electrons. The van der Waals surface area contributed by atoms with E-state index in [1.165, 1.54) is 6.42 Å². The van der Waals surface area contributed by atoms with Crippen molar-refractivity contribution in [1.29, 1.82) is 0 Å². The van der Waals surface area contributed by atoms with Crippen molar-refractivity contribution >= 4 is 15.9 Å². The summed E-state index contributed by atoms with van der Waals surface area (Å²) >= 11 is 3.15. The molecule has 4 heteroatoms. The molecule has 18 heavy (non-hydrogen) atoms. The van der Waals surface area contributed by atoms with Gasteiger partial charge in [-0.1, -0.05) is 19.9 Å². The summed E-state index contributed by atoms with van der Waals surface area (Å²) in [5.41, 5.74) is 0.981. The number of hydrogen-bond acceptors (Lipinski definition) is 2. The third-order valence-corrected chi connectivity index (χ3v) is 3.55. The molecule has 0 aliphatic rings. The Bertz CT molecular complexity index is 358. The first-order chi connectivity index (χ1) is 8.67. The van der Waals surface area contributed by atoms with Crippen LogP contribution in [0.3, 0.4) is 0 Å². The highest BCUT2D eigenvalue weighted by Gasteiger charge is 2.02. The molecule has 0 spiro atoms. The fourth-order valence-electron chi connectivity index (χ4n) is 1.86. The van der Waals surface area contributed by atoms with Crippen molar-refractivity contribution in [2.75, 3.05) is 26.2 Å². The molecule has 2 nitrogen and oxygen atoms in total. The van der Waals surface area contributed by atoms with Gasteiger partial charge in [0.25, 0.3) is 0 Å². The number of hydrogen-bond donors (Lipinski definition) is 1. The summed E-state index contributed by atoms with van der Waals surface area (Å²) in [6.07, 6.45) is 1.19. The molecule has 0 fully saturated rings. The van der Waals surface area contributed by atoms with E-state index in [9.17, 15) is 4.39 Å². The lowest BCUT2D eigenvalue weighted by Gasteiger charge is -2.19. The van der Waals surface area contributed by atoms with E-state index in [1.54, 1.807) is 12.1 Å². The largest absolute Gasteiger partial charge is 0.311 e. The van der Waals surface area contributed by atoms with Crippen LogP contribution in [0.4, 0.5) is 4.39 Å². The molecule has 0 unspecified atom stereocenters. The van der Waals surface area contributed by atoms with Gasteiger partial charge in [-0.05, 0) is 53.1 Å². The van der Waals surface area contributed by atoms with Crippen LogP contribution in [0, 0.1) is 5.82 Å². The van der Waals surface area contributed by atoms with Crippen molar-refractivity contribution in [3.63, 3.8) is 0 Å². The summed E-state index contributed by atoms with van der Waals surface area (Å²) in [5, 5.41) is 3.35. The van der Waals surface area contributed by atoms with Crippen molar-refractivity contribution in [3.8, 4) is 0 Å². The highest BCUT2D eigenvalue weighted by molar-refractivity contribution is 9.10. The Hall–Kier alpha value is -0.450. The van der Waals surface area contributed by atoms with E-state index in [0.29, 0.717) is 11.0 Å². The predicted molar refractivity (Wildman–Crippen MR) is 78.2 cm³/mol. The Balaban J connectivity index is 2.26. The number of nitrogens with zero attached hydrogens (tertiary/aromatic N) is 1. The summed E-state index contributed by atoms with van der Waals surface area (Å²) in [5.74, 6) is -0.199. The fourth-order valence-corrected chi connectivity index (χ4v) is 2.11. The summed E-state index contributed by atoms with van der Waals surface area (Å²) in [7, 11) is 0. The zero-order chi connectivity index (χ0) is 13.4. The third-order valence-electron chi connectivity index (χ3n) is 2.90. The SMILES string of the molecule is CCCN(CC)CCNCc1ccc(Br)c(F)c1. The van der Waals surface area contributed by atoms with Gasteiger partial charge in [0.05, 0.1) is 4.47 Å². The van der Waals surface area contributed by atoms with E-state index < -0.39 is 0 Å². The van der Waals surface area contributed by atoms with Gasteiger partial charge in [-0.15, -0.1) is 0 Å². The Morgan fingerprint density at radius 1 is 1.28 bits per heavy atom. The quantitative estimate of drug-likeness (QED) is 0.739. The van der Waals surface area contributed by atoms with Crippen LogP contribution < -0.4 is 5.32 Å². The molecule has 0 aliphatic carbocycles. The van der Waals surface area contributed by atoms with Gasteiger partial charge in [-0.25, -0.2) is 4.39 Å². The van der Waals surface area contributed by atoms with Crippen LogP contribution in [0.5, 0.6) is 0 Å². The van der Waals surface area contributed by atoms with Gasteiger partial charge < -0.3 is 10.2 Å². The number of halogens is 2. The third kappa shape index (κ3) is 5.46. The molecule has 0 atom stereocenters. The zero-order valence-electron chi connectivity index (χ0n) is 11.2. The second-order valence-corrected chi connectivity index (χ2v) is 5.21. The Morgan fingerprint density at radius 3 is 2.67 bits per heavy atom. The molecule has 1 aromatic rings. The first-order valence-electron chi connectivity index (χ1n) is 6.54. The molecule has 0 bridgehead atoms. The van der Waals surface area contributed by atoms with Crippen LogP contribution in [-0.4, -0.2) is 31.1 Å². The molecule has 0 aromatic heterocycles. The highest BCUT2D eigenvalue weighted by atomic mass is 79.9. The molecule has 0 heterocycles. The van der Waals surface area contributed by atoms with Crippen LogP contribution in [-0.2, 0) is 6.54 Å². The van der Waals surface area contributed by atoms with Crippen LogP contribution in [0.15, 0.2) is 22.7 Å². The lowest BCUT2D eigenvalue weighted by molar-refractivity contribution is 0.287. The second-order valence-electron chi connectivity index (χ2n) is 4.36. The minimum Gasteiger partial charge on any atom is -0.311 e. The molecule has 0 aliphatic heterocycles. The molecule has 1 N–H and O–H groups in total. The Kier molecular flexibility index (Phi) is 7.47. The Morgan fingerprint density at radius 2 is 2.06 bits per heavy atom. The smallest absolute Gasteiger partial charge is 0.137 e. The molecular weight excluding hydrogens is 295 g/mol. The summed E-state index contributed by atoms with van der Waals surface area (Å²) in [6, 6.07) is 5.26. The van der Waals surface area contributed by atoms with E-state index in [-0.39, 0.29) is 5.82 Å². The maximum absolute atomic E-state index is 13.3. The van der Waals surface area contributed by atoms with Gasteiger partial charge >= 0.3 is 0 Å². The average Bonchev–Trinajstić information content (AvgIpc) is 2.37. The van der Waals surface area contributed by atoms with Crippen LogP contribution in [0.25, 0.3) is 0 Å². The molecule has 0 amide bonds. The van der Waals surface area contributed by atoms with Gasteiger partial charge in [-0.2, -0.15) is 0 Å². The van der Waals surface area contributed by atoms with Crippen LogP contribution in [0.1, 0.15) is 25.8 Å². The van der Waals surface area contributed by atoms with Crippen LogP contribution >= 0.6 is 15.9 Å². The highest BCUT2D eigenvalue weighted by Crippen LogP contribution is 2.16. The molecule has 1 aromatic carbocycles. The zero-order valence-corrected chi connectivity index (χ0v) is 12.8. The van der Waals surface area contributed by atoms with Gasteiger partial charge in [0.15, 0.2) is 0 Å². The monoisotopic (exact) mass is 316 g/mol. The predicted octanol–water partition coefficient (Wildman–Crippen LogP) is 3.41. The summed E-state index contributed by atoms with van der Waals surface area (Å²) in [4.78, 5) is 2.41. The van der Waals surface area contributed by atoms with E-state index in [4.69, 9.17) is 0 Å². The topological polar surface area (TPSA) is 15.3 Å². The van der Waals surface area contributed by atoms with Gasteiger partial charge in [0.2, 0.25) is 0 Å². The molecule has 0 saturated carbocycles. The fraction of sp³-hybridized carbons (Fsp3) is 0.571. The van der Waals surface area contributed by atoms with Crippen molar-refractivity contribution in [1.82, 2.24) is 10.2 Å². The van der Waals surface area contributed by atoms with Gasteiger partial charge in [-0.3, -0.25) is 0 Å². The van der Waals surface area contributed by atoms with Gasteiger partial charge in [0.1, 0.15) is 5.82 Å². The van der Waals surface area contributed by atoms with E-state index in [2.05, 4.69) is 40.0 Å². The molecular formula is C14H22BrFN2. The maximum atomic E-state index is 13.3. The number of likely N-dealkylation sites (N-methyl/N-ethyl adjacent to an activating group) is 1. The second kappa shape index (κ2) is 8.62. The first-order valence-corrected chi connectivity index (χ1v) is 7.33. The first kappa shape index (κ1) is 15.6. The van der Waals surface area contributed by atoms with Crippen LogP contribution in [0.2, 0.25) is 0 Å². The van der Waals surface area contributed by atoms with Crippen molar-refractivity contribution in [2.24, 2.45) is 0 Å². The normalized spacial score (nSPS) is 11.2. The Labute approximate surface area is 118 Å². The van der Waals surface area contributed by atoms with Crippen molar-refractivity contribution in [2.45, 2.75) is 26.8 Å². The van der Waals surface area contributed by atoms with Crippen molar-refractivity contribution < 1.29 is 4.39 Å². The summed E-state index contributed by atoms with van der Waals surface area (Å²) in [6.45, 7) is 9.30. The molecule has 0 radical (unpaired) electrons. The lowest BCUT2D eigenvalue weighted by Crippen LogP contribution is -2.32. The van der Waals surface area contributed by atoms with E-state index in [0.717, 1.165) is 31.7 Å². The summed E-state index contributed by atoms with van der Waals surface area (Å²) < 4.78 is 13.8. The standard InChI is InChI=1S/C14H22BrFN2/c1-3-8-18(4-2)9-7-17-11-12-5-6-13(15)14(16)10-12/h5-6,10,17H,3-4,7-9,11H2,1-2H3. The van der Waals surface area contributed by atoms with Gasteiger partial charge in [0, 0.05) is 19.6 Å². The average molecular weight is 317 g/mol. The molecule has 0 saturated heterocycles. The minimum atomic E-state index is -0.199. The van der Waals surface area contributed by atoms with E-state index in [1.807, 2.05) is 6.07 Å². The van der Waals surface area contributed by atoms with E-state index >= 15 is 0 Å². The molecule has 1 rings (SSSR count). The lowest BCUT2D eigenvalue weighted by atomic mass is 10.2. The maximum Gasteiger partial charge on any atom is 0.137 e.